The van der Waals surface area contributed by atoms with Gasteiger partial charge in [0, 0.05) is 23.2 Å². The second kappa shape index (κ2) is 5.51. The summed E-state index contributed by atoms with van der Waals surface area (Å²) in [5, 5.41) is 9.28. The molecule has 0 aliphatic carbocycles. The Kier molecular flexibility index (Phi) is 3.20. The molecule has 0 saturated heterocycles. The molecule has 8 heteroatoms. The van der Waals surface area contributed by atoms with Crippen molar-refractivity contribution in [1.29, 1.82) is 0 Å². The minimum atomic E-state index is -0.585. The Labute approximate surface area is 134 Å². The molecule has 0 aliphatic heterocycles. The molecule has 4 aromatic rings. The van der Waals surface area contributed by atoms with Gasteiger partial charge in [-0.3, -0.25) is 0 Å². The summed E-state index contributed by atoms with van der Waals surface area (Å²) in [6, 6.07) is 14.3. The van der Waals surface area contributed by atoms with Crippen LogP contribution in [-0.4, -0.2) is 19.3 Å². The van der Waals surface area contributed by atoms with Gasteiger partial charge in [-0.05, 0) is 22.6 Å². The van der Waals surface area contributed by atoms with E-state index in [0.717, 1.165) is 20.1 Å². The van der Waals surface area contributed by atoms with Crippen molar-refractivity contribution in [2.75, 3.05) is 0 Å². The van der Waals surface area contributed by atoms with Crippen LogP contribution in [0.4, 0.5) is 0 Å². The van der Waals surface area contributed by atoms with Gasteiger partial charge in [0.2, 0.25) is 0 Å². The van der Waals surface area contributed by atoms with Crippen molar-refractivity contribution in [1.82, 2.24) is 19.3 Å². The van der Waals surface area contributed by atoms with Crippen molar-refractivity contribution in [3.8, 4) is 0 Å². The first kappa shape index (κ1) is 13.9. The highest BCUT2D eigenvalue weighted by Crippen LogP contribution is 2.11. The Morgan fingerprint density at radius 2 is 1.08 bits per heavy atom. The molecule has 0 radical (unpaired) electrons. The number of nitrogens with zero attached hydrogens (tertiary/aromatic N) is 6. The van der Waals surface area contributed by atoms with E-state index in [4.69, 9.17) is 0 Å². The summed E-state index contributed by atoms with van der Waals surface area (Å²) < 4.78 is 2.09. The van der Waals surface area contributed by atoms with Gasteiger partial charge in [-0.25, -0.2) is 9.59 Å². The molecule has 2 aromatic heterocycles. The van der Waals surface area contributed by atoms with E-state index in [-0.39, 0.29) is 0 Å². The van der Waals surface area contributed by atoms with E-state index in [9.17, 15) is 9.59 Å². The highest BCUT2D eigenvalue weighted by atomic mass is 16.2. The quantitative estimate of drug-likeness (QED) is 0.526. The molecule has 0 bridgehead atoms. The number of hydrogen-bond acceptors (Lipinski definition) is 6. The largest absolute Gasteiger partial charge is 0.370 e. The van der Waals surface area contributed by atoms with Gasteiger partial charge >= 0.3 is 11.4 Å². The molecular weight excluding hydrogens is 308 g/mol. The molecule has 0 fully saturated rings. The molecule has 0 unspecified atom stereocenters. The summed E-state index contributed by atoms with van der Waals surface area (Å²) in [6.07, 6.45) is 2.94. The van der Waals surface area contributed by atoms with E-state index < -0.39 is 11.4 Å². The first-order valence-corrected chi connectivity index (χ1v) is 7.10. The zero-order chi connectivity index (χ0) is 16.5. The maximum absolute atomic E-state index is 12.0. The van der Waals surface area contributed by atoms with Crippen LogP contribution in [-0.2, 0) is 0 Å². The third-order valence-corrected chi connectivity index (χ3v) is 3.54. The number of aromatic nitrogens is 4. The topological polar surface area (TPSA) is 94.5 Å². The number of hydrogen-bond donors (Lipinski definition) is 0. The molecule has 0 N–H and O–H groups in total. The van der Waals surface area contributed by atoms with Gasteiger partial charge in [-0.15, -0.1) is 0 Å². The second-order valence-corrected chi connectivity index (χ2v) is 5.00. The van der Waals surface area contributed by atoms with Gasteiger partial charge in [0.1, 0.15) is 0 Å². The second-order valence-electron chi connectivity index (χ2n) is 5.00. The summed E-state index contributed by atoms with van der Waals surface area (Å²) in [7, 11) is 0. The first-order valence-electron chi connectivity index (χ1n) is 7.10. The average Bonchev–Trinajstić information content (AvgIpc) is 2.62. The van der Waals surface area contributed by atoms with Crippen LogP contribution >= 0.6 is 0 Å². The highest BCUT2D eigenvalue weighted by Gasteiger charge is 2.05. The van der Waals surface area contributed by atoms with Gasteiger partial charge < -0.3 is 0 Å². The fourth-order valence-electron chi connectivity index (χ4n) is 2.40. The third kappa shape index (κ3) is 2.26. The highest BCUT2D eigenvalue weighted by molar-refractivity contribution is 5.78. The van der Waals surface area contributed by atoms with E-state index >= 15 is 0 Å². The van der Waals surface area contributed by atoms with E-state index in [0.29, 0.717) is 11.0 Å². The van der Waals surface area contributed by atoms with Crippen molar-refractivity contribution in [2.24, 2.45) is 10.4 Å². The molecule has 0 aliphatic rings. The van der Waals surface area contributed by atoms with E-state index in [1.807, 2.05) is 12.1 Å². The molecule has 2 aromatic carbocycles. The number of fused-ring (bicyclic) bond motifs is 2. The molecule has 0 atom stereocenters. The van der Waals surface area contributed by atoms with Crippen LogP contribution < -0.4 is 11.4 Å². The SMILES string of the molecule is O=c1ncc2ccccc2n1/N=N/n1c(=O)ncc2ccccc21. The van der Waals surface area contributed by atoms with Gasteiger partial charge in [0.25, 0.3) is 0 Å². The molecular formula is C16H10N6O2. The van der Waals surface area contributed by atoms with Crippen molar-refractivity contribution in [3.63, 3.8) is 0 Å². The summed E-state index contributed by atoms with van der Waals surface area (Å²) in [5.41, 5.74) is -0.0811. The van der Waals surface area contributed by atoms with E-state index in [1.54, 1.807) is 36.4 Å². The van der Waals surface area contributed by atoms with Crippen LogP contribution in [0.5, 0.6) is 0 Å². The fourth-order valence-corrected chi connectivity index (χ4v) is 2.40. The number of benzene rings is 2. The maximum Gasteiger partial charge on any atom is 0.370 e. The van der Waals surface area contributed by atoms with Gasteiger partial charge in [-0.1, -0.05) is 36.4 Å². The molecule has 0 saturated carbocycles. The Morgan fingerprint density at radius 3 is 1.54 bits per heavy atom. The maximum atomic E-state index is 12.0. The molecule has 4 rings (SSSR count). The van der Waals surface area contributed by atoms with Crippen LogP contribution in [0.3, 0.4) is 0 Å². The summed E-state index contributed by atoms with van der Waals surface area (Å²) >= 11 is 0. The average molecular weight is 318 g/mol. The monoisotopic (exact) mass is 318 g/mol. The normalized spacial score (nSPS) is 11.5. The van der Waals surface area contributed by atoms with Crippen LogP contribution in [0, 0.1) is 0 Å². The lowest BCUT2D eigenvalue weighted by molar-refractivity contribution is 0.661. The zero-order valence-electron chi connectivity index (χ0n) is 12.3. The lowest BCUT2D eigenvalue weighted by atomic mass is 10.2. The standard InChI is InChI=1S/C16H10N6O2/c23-15-17-9-11-5-1-3-7-13(11)21(15)19-20-22-14-8-4-2-6-12(14)10-18-16(22)24/h1-10H/b20-19+. The zero-order valence-corrected chi connectivity index (χ0v) is 12.3. The Morgan fingerprint density at radius 1 is 0.667 bits per heavy atom. The predicted molar refractivity (Wildman–Crippen MR) is 87.7 cm³/mol. The fraction of sp³-hybridized carbons (Fsp3) is 0. The first-order chi connectivity index (χ1) is 11.7. The molecule has 0 amide bonds. The van der Waals surface area contributed by atoms with Crippen LogP contribution in [0.25, 0.3) is 21.8 Å². The Balaban J connectivity index is 1.94. The van der Waals surface area contributed by atoms with Crippen molar-refractivity contribution < 1.29 is 0 Å². The van der Waals surface area contributed by atoms with Crippen molar-refractivity contribution >= 4 is 21.8 Å². The molecule has 0 spiro atoms. The van der Waals surface area contributed by atoms with Gasteiger partial charge in [0.05, 0.1) is 11.0 Å². The summed E-state index contributed by atoms with van der Waals surface area (Å²) in [5.74, 6) is 0. The Hall–Kier alpha value is -3.68. The lowest BCUT2D eigenvalue weighted by Gasteiger charge is -2.04. The minimum absolute atomic E-state index is 0.544. The number of para-hydroxylation sites is 2. The smallest absolute Gasteiger partial charge is 0.244 e. The lowest BCUT2D eigenvalue weighted by Crippen LogP contribution is -2.22. The third-order valence-electron chi connectivity index (χ3n) is 3.54. The molecule has 2 heterocycles. The van der Waals surface area contributed by atoms with Crippen LogP contribution in [0.2, 0.25) is 0 Å². The number of rotatable bonds is 2. The van der Waals surface area contributed by atoms with Crippen molar-refractivity contribution in [2.45, 2.75) is 0 Å². The molecule has 8 nitrogen and oxygen atoms in total. The predicted octanol–water partition coefficient (Wildman–Crippen LogP) is 1.78. The van der Waals surface area contributed by atoms with E-state index in [1.165, 1.54) is 12.4 Å². The van der Waals surface area contributed by atoms with Crippen molar-refractivity contribution in [3.05, 3.63) is 81.9 Å². The van der Waals surface area contributed by atoms with Crippen LogP contribution in [0.1, 0.15) is 0 Å². The van der Waals surface area contributed by atoms with Gasteiger partial charge in [0.15, 0.2) is 0 Å². The summed E-state index contributed by atoms with van der Waals surface area (Å²) in [6.45, 7) is 0. The summed E-state index contributed by atoms with van der Waals surface area (Å²) in [4.78, 5) is 31.5. The van der Waals surface area contributed by atoms with Crippen LogP contribution in [0.15, 0.2) is 81.0 Å². The Bertz CT molecular complexity index is 1110. The van der Waals surface area contributed by atoms with E-state index in [2.05, 4.69) is 20.4 Å². The minimum Gasteiger partial charge on any atom is -0.244 e. The molecule has 24 heavy (non-hydrogen) atoms. The van der Waals surface area contributed by atoms with Gasteiger partial charge in [-0.2, -0.15) is 19.3 Å². The molecule has 116 valence electrons.